The molecule has 0 saturated heterocycles. The number of nitrogens with zero attached hydrogens (tertiary/aromatic N) is 1. The van der Waals surface area contributed by atoms with Crippen molar-refractivity contribution in [2.75, 3.05) is 18.8 Å². The van der Waals surface area contributed by atoms with Crippen LogP contribution < -0.4 is 5.73 Å². The van der Waals surface area contributed by atoms with E-state index >= 15 is 0 Å². The average molecular weight is 282 g/mol. The molecule has 0 amide bonds. The predicted octanol–water partition coefficient (Wildman–Crippen LogP) is 2.53. The first-order valence-electron chi connectivity index (χ1n) is 7.43. The first-order chi connectivity index (χ1) is 10.1. The van der Waals surface area contributed by atoms with Crippen molar-refractivity contribution in [3.63, 3.8) is 0 Å². The van der Waals surface area contributed by atoms with Gasteiger partial charge in [-0.25, -0.2) is 0 Å². The zero-order valence-corrected chi connectivity index (χ0v) is 12.4. The maximum Gasteiger partial charge on any atom is 0.0994 e. The van der Waals surface area contributed by atoms with Crippen LogP contribution >= 0.6 is 0 Å². The van der Waals surface area contributed by atoms with E-state index in [4.69, 9.17) is 5.73 Å². The second kappa shape index (κ2) is 5.51. The fourth-order valence-electron chi connectivity index (χ4n) is 3.12. The van der Waals surface area contributed by atoms with Crippen LogP contribution in [0.2, 0.25) is 0 Å². The summed E-state index contributed by atoms with van der Waals surface area (Å²) < 4.78 is 0. The molecular formula is C18H22N2O. The van der Waals surface area contributed by atoms with E-state index in [1.807, 2.05) is 49.4 Å². The molecule has 0 aliphatic carbocycles. The minimum atomic E-state index is -0.845. The highest BCUT2D eigenvalue weighted by Crippen LogP contribution is 2.28. The highest BCUT2D eigenvalue weighted by molar-refractivity contribution is 5.51. The Kier molecular flexibility index (Phi) is 3.70. The molecule has 3 N–H and O–H groups in total. The molecule has 0 fully saturated rings. The van der Waals surface area contributed by atoms with Gasteiger partial charge in [0.25, 0.3) is 0 Å². The van der Waals surface area contributed by atoms with Crippen molar-refractivity contribution >= 4 is 5.69 Å². The van der Waals surface area contributed by atoms with E-state index in [2.05, 4.69) is 11.0 Å². The van der Waals surface area contributed by atoms with Crippen LogP contribution in [0.5, 0.6) is 0 Å². The van der Waals surface area contributed by atoms with Crippen molar-refractivity contribution < 1.29 is 5.11 Å². The fraction of sp³-hybridized carbons (Fsp3) is 0.333. The lowest BCUT2D eigenvalue weighted by Gasteiger charge is -2.35. The Morgan fingerprint density at radius 1 is 1.14 bits per heavy atom. The van der Waals surface area contributed by atoms with Gasteiger partial charge in [-0.3, -0.25) is 4.90 Å². The summed E-state index contributed by atoms with van der Waals surface area (Å²) in [5.74, 6) is 0. The van der Waals surface area contributed by atoms with Gasteiger partial charge in [-0.1, -0.05) is 42.5 Å². The van der Waals surface area contributed by atoms with Crippen molar-refractivity contribution in [1.29, 1.82) is 0 Å². The number of rotatable bonds is 3. The van der Waals surface area contributed by atoms with Crippen molar-refractivity contribution in [1.82, 2.24) is 4.90 Å². The van der Waals surface area contributed by atoms with Crippen LogP contribution in [0.1, 0.15) is 23.6 Å². The molecule has 0 bridgehead atoms. The topological polar surface area (TPSA) is 49.5 Å². The van der Waals surface area contributed by atoms with Gasteiger partial charge in [0, 0.05) is 25.3 Å². The molecule has 2 aromatic rings. The molecule has 1 aliphatic heterocycles. The minimum Gasteiger partial charge on any atom is -0.398 e. The number of hydrogen-bond donors (Lipinski definition) is 2. The molecule has 0 aromatic heterocycles. The summed E-state index contributed by atoms with van der Waals surface area (Å²) in [7, 11) is 0. The summed E-state index contributed by atoms with van der Waals surface area (Å²) >= 11 is 0. The Labute approximate surface area is 126 Å². The smallest absolute Gasteiger partial charge is 0.0994 e. The molecule has 3 nitrogen and oxygen atoms in total. The van der Waals surface area contributed by atoms with Crippen LogP contribution in [-0.4, -0.2) is 23.1 Å². The first kappa shape index (κ1) is 14.1. The van der Waals surface area contributed by atoms with Gasteiger partial charge in [-0.2, -0.15) is 0 Å². The Balaban J connectivity index is 1.77. The first-order valence-corrected chi connectivity index (χ1v) is 7.43. The third kappa shape index (κ3) is 2.94. The van der Waals surface area contributed by atoms with Gasteiger partial charge in [0.15, 0.2) is 0 Å². The zero-order chi connectivity index (χ0) is 14.9. The molecule has 3 heteroatoms. The number of benzene rings is 2. The van der Waals surface area contributed by atoms with Crippen molar-refractivity contribution in [2.24, 2.45) is 0 Å². The van der Waals surface area contributed by atoms with Crippen LogP contribution in [0.25, 0.3) is 0 Å². The number of hydrogen-bond acceptors (Lipinski definition) is 3. The Morgan fingerprint density at radius 2 is 1.90 bits per heavy atom. The minimum absolute atomic E-state index is 0.616. The number of fused-ring (bicyclic) bond motifs is 1. The van der Waals surface area contributed by atoms with E-state index in [9.17, 15) is 5.11 Å². The van der Waals surface area contributed by atoms with Gasteiger partial charge < -0.3 is 10.8 Å². The molecule has 3 rings (SSSR count). The van der Waals surface area contributed by atoms with E-state index in [0.29, 0.717) is 6.54 Å². The predicted molar refractivity (Wildman–Crippen MR) is 85.8 cm³/mol. The van der Waals surface area contributed by atoms with Crippen LogP contribution in [-0.2, 0) is 18.6 Å². The molecule has 1 unspecified atom stereocenters. The molecule has 1 heterocycles. The molecule has 0 radical (unpaired) electrons. The third-order valence-corrected chi connectivity index (χ3v) is 4.32. The highest BCUT2D eigenvalue weighted by Gasteiger charge is 2.28. The molecule has 1 atom stereocenters. The summed E-state index contributed by atoms with van der Waals surface area (Å²) in [6.45, 7) is 4.27. The lowest BCUT2D eigenvalue weighted by molar-refractivity contribution is 0.0118. The second-order valence-corrected chi connectivity index (χ2v) is 6.09. The number of β-amino-alcohol motifs (C(OH)–C–C–N with tert-alkyl or cyclic N) is 1. The van der Waals surface area contributed by atoms with E-state index in [0.717, 1.165) is 30.8 Å². The normalized spacial score (nSPS) is 18.0. The van der Waals surface area contributed by atoms with Crippen LogP contribution in [0.3, 0.4) is 0 Å². The molecular weight excluding hydrogens is 260 g/mol. The number of anilines is 1. The number of aliphatic hydroxyl groups is 1. The lowest BCUT2D eigenvalue weighted by atomic mass is 9.93. The molecule has 21 heavy (non-hydrogen) atoms. The average Bonchev–Trinajstić information content (AvgIpc) is 2.49. The van der Waals surface area contributed by atoms with Gasteiger partial charge in [-0.05, 0) is 36.1 Å². The standard InChI is InChI=1S/C18H22N2O/c1-18(21,15-7-3-2-4-8-15)13-20-11-10-14-6-5-9-17(19)16(14)12-20/h2-9,21H,10-13,19H2,1H3. The van der Waals surface area contributed by atoms with Gasteiger partial charge in [0.1, 0.15) is 0 Å². The number of nitrogen functional groups attached to an aromatic ring is 1. The van der Waals surface area contributed by atoms with E-state index in [-0.39, 0.29) is 0 Å². The largest absolute Gasteiger partial charge is 0.398 e. The zero-order valence-electron chi connectivity index (χ0n) is 12.4. The van der Waals surface area contributed by atoms with Crippen molar-refractivity contribution in [3.05, 3.63) is 65.2 Å². The lowest BCUT2D eigenvalue weighted by Crippen LogP contribution is -2.41. The van der Waals surface area contributed by atoms with E-state index < -0.39 is 5.60 Å². The quantitative estimate of drug-likeness (QED) is 0.851. The summed E-state index contributed by atoms with van der Waals surface area (Å²) in [5.41, 5.74) is 9.61. The van der Waals surface area contributed by atoms with Gasteiger partial charge >= 0.3 is 0 Å². The van der Waals surface area contributed by atoms with Crippen LogP contribution in [0.4, 0.5) is 5.69 Å². The summed E-state index contributed by atoms with van der Waals surface area (Å²) in [5, 5.41) is 10.8. The van der Waals surface area contributed by atoms with Crippen LogP contribution in [0.15, 0.2) is 48.5 Å². The number of nitrogens with two attached hydrogens (primary N) is 1. The maximum atomic E-state index is 10.8. The van der Waals surface area contributed by atoms with Crippen molar-refractivity contribution in [3.8, 4) is 0 Å². The SMILES string of the molecule is CC(O)(CN1CCc2cccc(N)c2C1)c1ccccc1. The Hall–Kier alpha value is -1.84. The molecule has 1 aliphatic rings. The Morgan fingerprint density at radius 3 is 2.67 bits per heavy atom. The van der Waals surface area contributed by atoms with Gasteiger partial charge in [0.2, 0.25) is 0 Å². The summed E-state index contributed by atoms with van der Waals surface area (Å²) in [6.07, 6.45) is 0.991. The summed E-state index contributed by atoms with van der Waals surface area (Å²) in [6, 6.07) is 16.0. The maximum absolute atomic E-state index is 10.8. The second-order valence-electron chi connectivity index (χ2n) is 6.09. The Bertz CT molecular complexity index is 622. The monoisotopic (exact) mass is 282 g/mol. The molecule has 110 valence electrons. The van der Waals surface area contributed by atoms with Crippen LogP contribution in [0, 0.1) is 0 Å². The molecule has 2 aromatic carbocycles. The van der Waals surface area contributed by atoms with Gasteiger partial charge in [0.05, 0.1) is 5.60 Å². The molecule has 0 saturated carbocycles. The summed E-state index contributed by atoms with van der Waals surface area (Å²) in [4.78, 5) is 2.28. The highest BCUT2D eigenvalue weighted by atomic mass is 16.3. The van der Waals surface area contributed by atoms with E-state index in [1.165, 1.54) is 11.1 Å². The fourth-order valence-corrected chi connectivity index (χ4v) is 3.12. The van der Waals surface area contributed by atoms with Gasteiger partial charge in [-0.15, -0.1) is 0 Å². The van der Waals surface area contributed by atoms with Crippen molar-refractivity contribution in [2.45, 2.75) is 25.5 Å². The van der Waals surface area contributed by atoms with E-state index in [1.54, 1.807) is 0 Å². The third-order valence-electron chi connectivity index (χ3n) is 4.32. The molecule has 0 spiro atoms.